The molecule has 0 saturated heterocycles. The third-order valence-electron chi connectivity index (χ3n) is 6.08. The molecule has 1 aromatic heterocycles. The van der Waals surface area contributed by atoms with Crippen LogP contribution in [0.15, 0.2) is 58.2 Å². The molecule has 8 nitrogen and oxygen atoms in total. The normalized spacial score (nSPS) is 18.7. The van der Waals surface area contributed by atoms with Crippen LogP contribution in [0.4, 0.5) is 5.95 Å². The van der Waals surface area contributed by atoms with Crippen LogP contribution in [0.2, 0.25) is 0 Å². The number of hydrogen-bond acceptors (Lipinski definition) is 7. The number of aromatic nitrogens is 4. The SMILES string of the molecule is CCOc1cc(C2C3=C(CC(C)(C)CC3=O)Nc3nnnn32)ccc1OCc1ccc(Br)cc1. The number of anilines is 1. The number of carbonyl (C=O) groups is 1. The van der Waals surface area contributed by atoms with Crippen molar-refractivity contribution >= 4 is 27.7 Å². The molecule has 5 rings (SSSR count). The first-order valence-electron chi connectivity index (χ1n) is 11.3. The lowest BCUT2D eigenvalue weighted by Gasteiger charge is -2.37. The Hall–Kier alpha value is -3.20. The van der Waals surface area contributed by atoms with Crippen LogP contribution in [0.25, 0.3) is 0 Å². The average Bonchev–Trinajstić information content (AvgIpc) is 3.25. The van der Waals surface area contributed by atoms with Crippen LogP contribution >= 0.6 is 15.9 Å². The second-order valence-electron chi connectivity index (χ2n) is 9.36. The van der Waals surface area contributed by atoms with Crippen molar-refractivity contribution < 1.29 is 14.3 Å². The monoisotopic (exact) mass is 523 g/mol. The van der Waals surface area contributed by atoms with E-state index in [1.807, 2.05) is 49.4 Å². The first-order chi connectivity index (χ1) is 16.3. The molecule has 0 saturated carbocycles. The van der Waals surface area contributed by atoms with E-state index >= 15 is 0 Å². The summed E-state index contributed by atoms with van der Waals surface area (Å²) < 4.78 is 14.7. The lowest BCUT2D eigenvalue weighted by atomic mass is 9.73. The molecule has 2 heterocycles. The number of nitrogens with one attached hydrogen (secondary N) is 1. The zero-order valence-corrected chi connectivity index (χ0v) is 20.9. The van der Waals surface area contributed by atoms with Crippen molar-refractivity contribution in [3.05, 3.63) is 69.3 Å². The number of ether oxygens (including phenoxy) is 2. The molecule has 1 unspecified atom stereocenters. The number of allylic oxidation sites excluding steroid dienone is 2. The number of rotatable bonds is 6. The van der Waals surface area contributed by atoms with Gasteiger partial charge in [0.1, 0.15) is 12.6 Å². The Labute approximate surface area is 206 Å². The highest BCUT2D eigenvalue weighted by Crippen LogP contribution is 2.46. The second kappa shape index (κ2) is 8.87. The molecule has 0 fully saturated rings. The van der Waals surface area contributed by atoms with Crippen LogP contribution in [-0.4, -0.2) is 32.6 Å². The molecule has 1 aliphatic carbocycles. The van der Waals surface area contributed by atoms with Crippen LogP contribution in [0.1, 0.15) is 50.8 Å². The third-order valence-corrected chi connectivity index (χ3v) is 6.61. The Kier molecular flexibility index (Phi) is 5.89. The van der Waals surface area contributed by atoms with Gasteiger partial charge in [-0.2, -0.15) is 4.68 Å². The fourth-order valence-corrected chi connectivity index (χ4v) is 4.87. The van der Waals surface area contributed by atoms with E-state index < -0.39 is 6.04 Å². The number of ketones is 1. The zero-order chi connectivity index (χ0) is 23.9. The van der Waals surface area contributed by atoms with Gasteiger partial charge in [0.05, 0.1) is 6.61 Å². The molecule has 0 bridgehead atoms. The molecule has 9 heteroatoms. The van der Waals surface area contributed by atoms with Gasteiger partial charge in [0.15, 0.2) is 17.3 Å². The maximum absolute atomic E-state index is 13.3. The lowest BCUT2D eigenvalue weighted by molar-refractivity contribution is -0.118. The number of carbonyl (C=O) groups excluding carboxylic acids is 1. The van der Waals surface area contributed by atoms with Crippen LogP contribution in [-0.2, 0) is 11.4 Å². The summed E-state index contributed by atoms with van der Waals surface area (Å²) in [6.45, 7) is 7.05. The number of hydrogen-bond donors (Lipinski definition) is 1. The van der Waals surface area contributed by atoms with E-state index in [-0.39, 0.29) is 11.2 Å². The number of tetrazole rings is 1. The molecule has 0 spiro atoms. The number of fused-ring (bicyclic) bond motifs is 1. The van der Waals surface area contributed by atoms with E-state index in [0.29, 0.717) is 42.7 Å². The highest BCUT2D eigenvalue weighted by atomic mass is 79.9. The standard InChI is InChI=1S/C25H26BrN5O3/c1-4-33-21-11-16(7-10-20(21)34-14-15-5-8-17(26)9-6-15)23-22-18(12-25(2,3)13-19(22)32)27-24-28-29-30-31(23)24/h5-11,23H,4,12-14H2,1-3H3,(H,27,28,30). The molecule has 0 radical (unpaired) electrons. The Morgan fingerprint density at radius 2 is 1.91 bits per heavy atom. The second-order valence-corrected chi connectivity index (χ2v) is 10.3. The minimum Gasteiger partial charge on any atom is -0.490 e. The van der Waals surface area contributed by atoms with Crippen molar-refractivity contribution in [2.24, 2.45) is 5.41 Å². The lowest BCUT2D eigenvalue weighted by Crippen LogP contribution is -2.36. The van der Waals surface area contributed by atoms with Crippen molar-refractivity contribution in [2.45, 2.75) is 46.3 Å². The van der Waals surface area contributed by atoms with E-state index in [9.17, 15) is 4.79 Å². The molecule has 1 atom stereocenters. The molecule has 2 aliphatic rings. The molecule has 176 valence electrons. The largest absolute Gasteiger partial charge is 0.490 e. The summed E-state index contributed by atoms with van der Waals surface area (Å²) in [5, 5.41) is 15.4. The van der Waals surface area contributed by atoms with Gasteiger partial charge in [-0.3, -0.25) is 4.79 Å². The first kappa shape index (κ1) is 22.6. The van der Waals surface area contributed by atoms with Crippen molar-refractivity contribution in [3.8, 4) is 11.5 Å². The number of nitrogens with zero attached hydrogens (tertiary/aromatic N) is 4. The molecule has 34 heavy (non-hydrogen) atoms. The van der Waals surface area contributed by atoms with Crippen molar-refractivity contribution in [3.63, 3.8) is 0 Å². The Morgan fingerprint density at radius 3 is 2.68 bits per heavy atom. The Balaban J connectivity index is 1.51. The van der Waals surface area contributed by atoms with Gasteiger partial charge < -0.3 is 14.8 Å². The predicted molar refractivity (Wildman–Crippen MR) is 131 cm³/mol. The molecule has 2 aromatic carbocycles. The van der Waals surface area contributed by atoms with Gasteiger partial charge in [-0.1, -0.05) is 53.1 Å². The number of Topliss-reactive ketones (excluding diaryl/α,β-unsaturated/α-hetero) is 1. The molecule has 3 aromatic rings. The molecule has 1 N–H and O–H groups in total. The van der Waals surface area contributed by atoms with Gasteiger partial charge in [-0.25, -0.2) is 0 Å². The Morgan fingerprint density at radius 1 is 1.12 bits per heavy atom. The van der Waals surface area contributed by atoms with Crippen LogP contribution in [0.5, 0.6) is 11.5 Å². The van der Waals surface area contributed by atoms with Crippen molar-refractivity contribution in [1.82, 2.24) is 20.2 Å². The Bertz CT molecular complexity index is 1270. The fraction of sp³-hybridized carbons (Fsp3) is 0.360. The predicted octanol–water partition coefficient (Wildman–Crippen LogP) is 5.07. The van der Waals surface area contributed by atoms with Gasteiger partial charge in [0.2, 0.25) is 5.95 Å². The minimum absolute atomic E-state index is 0.110. The first-order valence-corrected chi connectivity index (χ1v) is 12.1. The summed E-state index contributed by atoms with van der Waals surface area (Å²) in [7, 11) is 0. The van der Waals surface area contributed by atoms with E-state index in [2.05, 4.69) is 50.6 Å². The average molecular weight is 524 g/mol. The van der Waals surface area contributed by atoms with E-state index in [4.69, 9.17) is 9.47 Å². The van der Waals surface area contributed by atoms with Crippen molar-refractivity contribution in [1.29, 1.82) is 0 Å². The quantitative estimate of drug-likeness (QED) is 0.482. The van der Waals surface area contributed by atoms with Gasteiger partial charge in [-0.05, 0) is 64.6 Å². The maximum atomic E-state index is 13.3. The summed E-state index contributed by atoms with van der Waals surface area (Å²) in [5.74, 6) is 1.90. The van der Waals surface area contributed by atoms with Crippen LogP contribution < -0.4 is 14.8 Å². The summed E-state index contributed by atoms with van der Waals surface area (Å²) in [6, 6.07) is 13.3. The third kappa shape index (κ3) is 4.32. The van der Waals surface area contributed by atoms with E-state index in [1.54, 1.807) is 4.68 Å². The fourth-order valence-electron chi connectivity index (χ4n) is 4.60. The number of benzene rings is 2. The van der Waals surface area contributed by atoms with Gasteiger partial charge in [0.25, 0.3) is 0 Å². The number of halogens is 1. The van der Waals surface area contributed by atoms with Crippen molar-refractivity contribution in [2.75, 3.05) is 11.9 Å². The van der Waals surface area contributed by atoms with Crippen LogP contribution in [0.3, 0.4) is 0 Å². The summed E-state index contributed by atoms with van der Waals surface area (Å²) in [5.41, 5.74) is 3.41. The minimum atomic E-state index is -0.426. The van der Waals surface area contributed by atoms with Gasteiger partial charge in [0, 0.05) is 22.2 Å². The van der Waals surface area contributed by atoms with E-state index in [0.717, 1.165) is 27.7 Å². The van der Waals surface area contributed by atoms with Gasteiger partial charge in [-0.15, -0.1) is 0 Å². The molecular formula is C25H26BrN5O3. The summed E-state index contributed by atoms with van der Waals surface area (Å²) in [4.78, 5) is 13.3. The topological polar surface area (TPSA) is 91.2 Å². The zero-order valence-electron chi connectivity index (χ0n) is 19.3. The molecule has 1 aliphatic heterocycles. The van der Waals surface area contributed by atoms with Crippen LogP contribution in [0, 0.1) is 5.41 Å². The summed E-state index contributed by atoms with van der Waals surface area (Å²) >= 11 is 3.45. The smallest absolute Gasteiger partial charge is 0.248 e. The highest BCUT2D eigenvalue weighted by Gasteiger charge is 2.42. The summed E-state index contributed by atoms with van der Waals surface area (Å²) in [6.07, 6.45) is 1.23. The van der Waals surface area contributed by atoms with E-state index in [1.165, 1.54) is 0 Å². The maximum Gasteiger partial charge on any atom is 0.248 e. The van der Waals surface area contributed by atoms with Gasteiger partial charge >= 0.3 is 0 Å². The molecular weight excluding hydrogens is 498 g/mol. The molecule has 0 amide bonds. The highest BCUT2D eigenvalue weighted by molar-refractivity contribution is 9.10.